The highest BCUT2D eigenvalue weighted by atomic mass is 16.2. The Hall–Kier alpha value is -3.48. The van der Waals surface area contributed by atoms with Crippen LogP contribution < -0.4 is 10.6 Å². The molecule has 2 N–H and O–H groups in total. The van der Waals surface area contributed by atoms with E-state index in [-0.39, 0.29) is 17.6 Å². The van der Waals surface area contributed by atoms with Crippen molar-refractivity contribution in [2.45, 2.75) is 39.3 Å². The number of carbonyl (C=O) groups is 2. The first-order valence-electron chi connectivity index (χ1n) is 9.77. The highest BCUT2D eigenvalue weighted by molar-refractivity contribution is 6.05. The van der Waals surface area contributed by atoms with Gasteiger partial charge in [-0.1, -0.05) is 23.8 Å². The quantitative estimate of drug-likeness (QED) is 0.702. The summed E-state index contributed by atoms with van der Waals surface area (Å²) in [6.07, 6.45) is 4.36. The van der Waals surface area contributed by atoms with Crippen LogP contribution in [0.25, 0.3) is 0 Å². The van der Waals surface area contributed by atoms with Gasteiger partial charge in [-0.05, 0) is 50.5 Å². The number of imidazole rings is 1. The maximum Gasteiger partial charge on any atom is 0.287 e. The average Bonchev–Trinajstić information content (AvgIpc) is 3.14. The summed E-state index contributed by atoms with van der Waals surface area (Å²) in [4.78, 5) is 34.3. The van der Waals surface area contributed by atoms with Gasteiger partial charge in [0.15, 0.2) is 11.5 Å². The first-order chi connectivity index (χ1) is 14.1. The number of aryl methyl sites for hydroxylation is 1. The summed E-state index contributed by atoms with van der Waals surface area (Å²) in [6, 6.07) is 13.1. The molecular weight excluding hydrogens is 366 g/mol. The Bertz CT molecular complexity index is 1030. The number of hydrogen-bond donors (Lipinski definition) is 2. The molecule has 1 aliphatic heterocycles. The van der Waals surface area contributed by atoms with Crippen LogP contribution in [0.4, 0.5) is 5.69 Å². The van der Waals surface area contributed by atoms with Gasteiger partial charge in [-0.15, -0.1) is 0 Å². The normalized spacial score (nSPS) is 12.9. The molecular formula is C22H23N5O2. The van der Waals surface area contributed by atoms with Gasteiger partial charge in [-0.25, -0.2) is 4.98 Å². The molecule has 3 aromatic rings. The van der Waals surface area contributed by atoms with Crippen molar-refractivity contribution in [3.05, 3.63) is 77.1 Å². The topological polar surface area (TPSA) is 88.9 Å². The molecule has 0 saturated heterocycles. The molecule has 1 aliphatic rings. The number of aromatic nitrogens is 3. The van der Waals surface area contributed by atoms with Crippen LogP contribution in [0.3, 0.4) is 0 Å². The molecule has 0 atom stereocenters. The zero-order chi connectivity index (χ0) is 20.2. The SMILES string of the molecule is Cc1ccc(NC(=O)c2nc(C(=O)NCc3ccccn3)n3c2CCCC3)cc1. The van der Waals surface area contributed by atoms with Gasteiger partial charge in [0.1, 0.15) is 0 Å². The number of benzene rings is 1. The molecule has 3 heterocycles. The van der Waals surface area contributed by atoms with E-state index in [0.29, 0.717) is 24.5 Å². The number of pyridine rings is 1. The smallest absolute Gasteiger partial charge is 0.287 e. The lowest BCUT2D eigenvalue weighted by molar-refractivity contribution is 0.0934. The molecule has 0 fully saturated rings. The first kappa shape index (κ1) is 18.9. The molecule has 0 unspecified atom stereocenters. The van der Waals surface area contributed by atoms with Crippen molar-refractivity contribution in [3.63, 3.8) is 0 Å². The standard InChI is InChI=1S/C22H23N5O2/c1-15-8-10-16(11-9-15)25-21(28)19-18-7-3-5-13-27(18)20(26-19)22(29)24-14-17-6-2-4-12-23-17/h2,4,6,8-12H,3,5,7,13-14H2,1H3,(H,24,29)(H,25,28). The highest BCUT2D eigenvalue weighted by Gasteiger charge is 2.27. The molecule has 7 nitrogen and oxygen atoms in total. The summed E-state index contributed by atoms with van der Waals surface area (Å²) < 4.78 is 1.88. The molecule has 2 amide bonds. The summed E-state index contributed by atoms with van der Waals surface area (Å²) in [6.45, 7) is 2.99. The van der Waals surface area contributed by atoms with Gasteiger partial charge in [0.25, 0.3) is 11.8 Å². The fourth-order valence-electron chi connectivity index (χ4n) is 3.48. The Balaban J connectivity index is 1.55. The summed E-state index contributed by atoms with van der Waals surface area (Å²) in [7, 11) is 0. The second-order valence-corrected chi connectivity index (χ2v) is 7.16. The zero-order valence-electron chi connectivity index (χ0n) is 16.3. The Morgan fingerprint density at radius 1 is 1.07 bits per heavy atom. The lowest BCUT2D eigenvalue weighted by Gasteiger charge is -2.17. The summed E-state index contributed by atoms with van der Waals surface area (Å²) >= 11 is 0. The van der Waals surface area contributed by atoms with Gasteiger partial charge < -0.3 is 15.2 Å². The van der Waals surface area contributed by atoms with E-state index in [4.69, 9.17) is 0 Å². The van der Waals surface area contributed by atoms with Gasteiger partial charge >= 0.3 is 0 Å². The number of nitrogens with one attached hydrogen (secondary N) is 2. The number of amides is 2. The van der Waals surface area contributed by atoms with Gasteiger partial charge in [-0.3, -0.25) is 14.6 Å². The molecule has 0 aliphatic carbocycles. The molecule has 0 saturated carbocycles. The Kier molecular flexibility index (Phi) is 5.37. The lowest BCUT2D eigenvalue weighted by atomic mass is 10.1. The minimum absolute atomic E-state index is 0.282. The Labute approximate surface area is 169 Å². The molecule has 7 heteroatoms. The van der Waals surface area contributed by atoms with Crippen LogP contribution in [0.2, 0.25) is 0 Å². The van der Waals surface area contributed by atoms with Crippen molar-refractivity contribution in [3.8, 4) is 0 Å². The van der Waals surface area contributed by atoms with Crippen molar-refractivity contribution in [1.82, 2.24) is 19.9 Å². The lowest BCUT2D eigenvalue weighted by Crippen LogP contribution is -2.27. The van der Waals surface area contributed by atoms with Crippen molar-refractivity contribution in [2.75, 3.05) is 5.32 Å². The minimum Gasteiger partial charge on any atom is -0.344 e. The molecule has 0 radical (unpaired) electrons. The van der Waals surface area contributed by atoms with Crippen LogP contribution in [0.15, 0.2) is 48.7 Å². The average molecular weight is 389 g/mol. The van der Waals surface area contributed by atoms with E-state index in [0.717, 1.165) is 36.2 Å². The molecule has 29 heavy (non-hydrogen) atoms. The largest absolute Gasteiger partial charge is 0.344 e. The number of fused-ring (bicyclic) bond motifs is 1. The van der Waals surface area contributed by atoms with Crippen LogP contribution in [-0.4, -0.2) is 26.3 Å². The monoisotopic (exact) mass is 389 g/mol. The maximum absolute atomic E-state index is 12.9. The van der Waals surface area contributed by atoms with Crippen molar-refractivity contribution < 1.29 is 9.59 Å². The van der Waals surface area contributed by atoms with Crippen LogP contribution in [0, 0.1) is 6.92 Å². The molecule has 1 aromatic carbocycles. The molecule has 148 valence electrons. The van der Waals surface area contributed by atoms with E-state index in [1.54, 1.807) is 6.20 Å². The fraction of sp³-hybridized carbons (Fsp3) is 0.273. The van der Waals surface area contributed by atoms with Crippen molar-refractivity contribution >= 4 is 17.5 Å². The molecule has 2 aromatic heterocycles. The van der Waals surface area contributed by atoms with E-state index in [1.807, 2.05) is 54.0 Å². The third-order valence-corrected chi connectivity index (χ3v) is 5.00. The van der Waals surface area contributed by atoms with Crippen LogP contribution in [0.5, 0.6) is 0 Å². The Morgan fingerprint density at radius 2 is 1.90 bits per heavy atom. The zero-order valence-corrected chi connectivity index (χ0v) is 16.3. The predicted molar refractivity (Wildman–Crippen MR) is 110 cm³/mol. The molecule has 0 spiro atoms. The second kappa shape index (κ2) is 8.26. The summed E-state index contributed by atoms with van der Waals surface area (Å²) in [5.41, 5.74) is 3.74. The van der Waals surface area contributed by atoms with Crippen molar-refractivity contribution in [2.24, 2.45) is 0 Å². The number of anilines is 1. The minimum atomic E-state index is -0.298. The third kappa shape index (κ3) is 4.18. The third-order valence-electron chi connectivity index (χ3n) is 5.00. The second-order valence-electron chi connectivity index (χ2n) is 7.16. The molecule has 0 bridgehead atoms. The van der Waals surface area contributed by atoms with E-state index in [2.05, 4.69) is 20.6 Å². The van der Waals surface area contributed by atoms with Gasteiger partial charge in [0.05, 0.1) is 17.9 Å². The highest BCUT2D eigenvalue weighted by Crippen LogP contribution is 2.22. The van der Waals surface area contributed by atoms with Crippen molar-refractivity contribution in [1.29, 1.82) is 0 Å². The maximum atomic E-state index is 12.9. The van der Waals surface area contributed by atoms with Gasteiger partial charge in [0.2, 0.25) is 0 Å². The summed E-state index contributed by atoms with van der Waals surface area (Å²) in [5.74, 6) is -0.304. The van der Waals surface area contributed by atoms with E-state index in [9.17, 15) is 9.59 Å². The van der Waals surface area contributed by atoms with E-state index in [1.165, 1.54) is 0 Å². The fourth-order valence-corrected chi connectivity index (χ4v) is 3.48. The van der Waals surface area contributed by atoms with Crippen LogP contribution in [-0.2, 0) is 19.5 Å². The van der Waals surface area contributed by atoms with Crippen LogP contribution >= 0.6 is 0 Å². The molecule has 4 rings (SSSR count). The van der Waals surface area contributed by atoms with E-state index >= 15 is 0 Å². The van der Waals surface area contributed by atoms with E-state index < -0.39 is 0 Å². The predicted octanol–water partition coefficient (Wildman–Crippen LogP) is 3.11. The van der Waals surface area contributed by atoms with Gasteiger partial charge in [-0.2, -0.15) is 0 Å². The summed E-state index contributed by atoms with van der Waals surface area (Å²) in [5, 5.41) is 5.75. The van der Waals surface area contributed by atoms with Gasteiger partial charge in [0, 0.05) is 18.4 Å². The van der Waals surface area contributed by atoms with Crippen LogP contribution in [0.1, 0.15) is 50.9 Å². The number of carbonyl (C=O) groups excluding carboxylic acids is 2. The first-order valence-corrected chi connectivity index (χ1v) is 9.77. The number of hydrogen-bond acceptors (Lipinski definition) is 4. The number of nitrogens with zero attached hydrogens (tertiary/aromatic N) is 3. The Morgan fingerprint density at radius 3 is 2.66 bits per heavy atom. The number of rotatable bonds is 5.